The zero-order chi connectivity index (χ0) is 17.4. The molecule has 132 valence electrons. The molecule has 1 amide bonds. The fraction of sp³-hybridized carbons (Fsp3) is 0.556. The van der Waals surface area contributed by atoms with Gasteiger partial charge in [-0.3, -0.25) is 9.79 Å². The van der Waals surface area contributed by atoms with Crippen LogP contribution < -0.4 is 10.6 Å². The molecule has 0 aromatic heterocycles. The van der Waals surface area contributed by atoms with Gasteiger partial charge in [0.15, 0.2) is 5.96 Å². The number of benzene rings is 1. The van der Waals surface area contributed by atoms with Crippen molar-refractivity contribution in [1.29, 1.82) is 0 Å². The maximum atomic E-state index is 11.7. The number of hydrogen-bond acceptors (Lipinski definition) is 3. The number of carbonyl (C=O) groups is 1. The van der Waals surface area contributed by atoms with Crippen molar-refractivity contribution in [3.8, 4) is 0 Å². The number of hydrogen-bond donors (Lipinski definition) is 3. The maximum absolute atomic E-state index is 11.7. The minimum Gasteiger partial charge on any atom is -0.393 e. The highest BCUT2D eigenvalue weighted by Crippen LogP contribution is 2.10. The van der Waals surface area contributed by atoms with Crippen LogP contribution in [0.5, 0.6) is 0 Å². The molecular weight excluding hydrogens is 304 g/mol. The largest absolute Gasteiger partial charge is 0.393 e. The summed E-state index contributed by atoms with van der Waals surface area (Å²) in [6.45, 7) is 5.21. The third-order valence-corrected chi connectivity index (χ3v) is 4.18. The summed E-state index contributed by atoms with van der Waals surface area (Å²) < 4.78 is 0. The van der Waals surface area contributed by atoms with Gasteiger partial charge in [-0.25, -0.2) is 0 Å². The smallest absolute Gasteiger partial charge is 0.251 e. The molecule has 0 radical (unpaired) electrons. The van der Waals surface area contributed by atoms with E-state index in [0.29, 0.717) is 12.1 Å². The van der Waals surface area contributed by atoms with Gasteiger partial charge in [-0.2, -0.15) is 0 Å². The summed E-state index contributed by atoms with van der Waals surface area (Å²) in [5.74, 6) is 0.840. The molecule has 1 saturated heterocycles. The standard InChI is InChI=1S/C18H28N4O2/c1-3-20-18(22-11-8-16(23)9-12-22)21-10-7-14-5-4-6-15(13-14)17(24)19-2/h4-6,13,16,23H,3,7-12H2,1-2H3,(H,19,24)(H,20,21). The molecule has 0 unspecified atom stereocenters. The van der Waals surface area contributed by atoms with Crippen LogP contribution in [-0.2, 0) is 6.42 Å². The molecule has 0 atom stereocenters. The summed E-state index contributed by atoms with van der Waals surface area (Å²) in [7, 11) is 1.64. The highest BCUT2D eigenvalue weighted by Gasteiger charge is 2.19. The number of rotatable bonds is 5. The minimum atomic E-state index is -0.184. The third kappa shape index (κ3) is 5.23. The molecule has 1 aliphatic heterocycles. The first kappa shape index (κ1) is 18.3. The van der Waals surface area contributed by atoms with Gasteiger partial charge in [0, 0.05) is 38.8 Å². The minimum absolute atomic E-state index is 0.0689. The highest BCUT2D eigenvalue weighted by molar-refractivity contribution is 5.94. The molecule has 1 aromatic rings. The average Bonchev–Trinajstić information content (AvgIpc) is 2.61. The van der Waals surface area contributed by atoms with Gasteiger partial charge in [0.1, 0.15) is 0 Å². The number of aliphatic hydroxyl groups excluding tert-OH is 1. The van der Waals surface area contributed by atoms with E-state index in [9.17, 15) is 9.90 Å². The number of nitrogens with zero attached hydrogens (tertiary/aromatic N) is 2. The van der Waals surface area contributed by atoms with E-state index in [1.54, 1.807) is 7.05 Å². The van der Waals surface area contributed by atoms with Gasteiger partial charge in [-0.05, 0) is 43.9 Å². The predicted octanol–water partition coefficient (Wildman–Crippen LogP) is 1.01. The van der Waals surface area contributed by atoms with Crippen LogP contribution in [0.2, 0.25) is 0 Å². The van der Waals surface area contributed by atoms with Crippen molar-refractivity contribution >= 4 is 11.9 Å². The van der Waals surface area contributed by atoms with Crippen molar-refractivity contribution < 1.29 is 9.90 Å². The second-order valence-electron chi connectivity index (χ2n) is 5.98. The molecule has 1 aromatic carbocycles. The monoisotopic (exact) mass is 332 g/mol. The molecule has 0 bridgehead atoms. The Morgan fingerprint density at radius 1 is 1.38 bits per heavy atom. The van der Waals surface area contributed by atoms with Crippen LogP contribution in [0.15, 0.2) is 29.3 Å². The van der Waals surface area contributed by atoms with Crippen molar-refractivity contribution in [3.63, 3.8) is 0 Å². The molecule has 1 heterocycles. The first-order chi connectivity index (χ1) is 11.6. The highest BCUT2D eigenvalue weighted by atomic mass is 16.3. The van der Waals surface area contributed by atoms with E-state index in [1.165, 1.54) is 0 Å². The Labute approximate surface area is 144 Å². The lowest BCUT2D eigenvalue weighted by atomic mass is 10.1. The summed E-state index contributed by atoms with van der Waals surface area (Å²) in [5.41, 5.74) is 1.78. The van der Waals surface area contributed by atoms with Crippen molar-refractivity contribution in [2.24, 2.45) is 4.99 Å². The summed E-state index contributed by atoms with van der Waals surface area (Å²) in [6, 6.07) is 7.65. The second kappa shape index (κ2) is 9.27. The molecule has 6 heteroatoms. The lowest BCUT2D eigenvalue weighted by Crippen LogP contribution is -2.46. The summed E-state index contributed by atoms with van der Waals surface area (Å²) in [4.78, 5) is 18.6. The summed E-state index contributed by atoms with van der Waals surface area (Å²) >= 11 is 0. The Morgan fingerprint density at radius 2 is 2.12 bits per heavy atom. The SMILES string of the molecule is CCNC(=NCCc1cccc(C(=O)NC)c1)N1CCC(O)CC1. The topological polar surface area (TPSA) is 77.0 Å². The zero-order valence-corrected chi connectivity index (χ0v) is 14.6. The Hall–Kier alpha value is -2.08. The van der Waals surface area contributed by atoms with Crippen molar-refractivity contribution in [1.82, 2.24) is 15.5 Å². The molecule has 0 aliphatic carbocycles. The predicted molar refractivity (Wildman–Crippen MR) is 96.3 cm³/mol. The van der Waals surface area contributed by atoms with Crippen LogP contribution in [0.25, 0.3) is 0 Å². The molecule has 0 spiro atoms. The van der Waals surface area contributed by atoms with E-state index in [-0.39, 0.29) is 12.0 Å². The van der Waals surface area contributed by atoms with Gasteiger partial charge in [0.05, 0.1) is 6.10 Å². The number of nitrogens with one attached hydrogen (secondary N) is 2. The number of aliphatic imine (C=N–C) groups is 1. The van der Waals surface area contributed by atoms with Crippen LogP contribution in [0.4, 0.5) is 0 Å². The van der Waals surface area contributed by atoms with Gasteiger partial charge >= 0.3 is 0 Å². The lowest BCUT2D eigenvalue weighted by Gasteiger charge is -2.32. The molecule has 3 N–H and O–H groups in total. The van der Waals surface area contributed by atoms with E-state index < -0.39 is 0 Å². The van der Waals surface area contributed by atoms with Gasteiger partial charge in [0.25, 0.3) is 5.91 Å². The first-order valence-corrected chi connectivity index (χ1v) is 8.66. The van der Waals surface area contributed by atoms with Gasteiger partial charge in [-0.15, -0.1) is 0 Å². The number of likely N-dealkylation sites (tertiary alicyclic amines) is 1. The van der Waals surface area contributed by atoms with Crippen LogP contribution in [0, 0.1) is 0 Å². The third-order valence-electron chi connectivity index (χ3n) is 4.18. The van der Waals surface area contributed by atoms with Gasteiger partial charge in [0.2, 0.25) is 0 Å². The van der Waals surface area contributed by atoms with E-state index in [2.05, 4.69) is 22.5 Å². The molecule has 24 heavy (non-hydrogen) atoms. The lowest BCUT2D eigenvalue weighted by molar-refractivity contribution is 0.0962. The number of aliphatic hydroxyl groups is 1. The van der Waals surface area contributed by atoms with E-state index in [1.807, 2.05) is 24.3 Å². The number of carbonyl (C=O) groups excluding carboxylic acids is 1. The summed E-state index contributed by atoms with van der Waals surface area (Å²) in [5, 5.41) is 15.6. The molecule has 1 fully saturated rings. The van der Waals surface area contributed by atoms with Crippen molar-refractivity contribution in [2.45, 2.75) is 32.3 Å². The van der Waals surface area contributed by atoms with E-state index in [0.717, 1.165) is 50.4 Å². The van der Waals surface area contributed by atoms with Crippen LogP contribution in [0.1, 0.15) is 35.7 Å². The molecule has 2 rings (SSSR count). The van der Waals surface area contributed by atoms with Crippen LogP contribution >= 0.6 is 0 Å². The van der Waals surface area contributed by atoms with Crippen LogP contribution in [-0.4, -0.2) is 61.2 Å². The van der Waals surface area contributed by atoms with Gasteiger partial charge in [-0.1, -0.05) is 12.1 Å². The summed E-state index contributed by atoms with van der Waals surface area (Å²) in [6.07, 6.45) is 2.18. The second-order valence-corrected chi connectivity index (χ2v) is 5.98. The van der Waals surface area contributed by atoms with Crippen molar-refractivity contribution in [3.05, 3.63) is 35.4 Å². The van der Waals surface area contributed by atoms with E-state index >= 15 is 0 Å². The molecule has 0 saturated carbocycles. The molecular formula is C18H28N4O2. The normalized spacial score (nSPS) is 16.1. The molecule has 1 aliphatic rings. The zero-order valence-electron chi connectivity index (χ0n) is 14.6. The van der Waals surface area contributed by atoms with Crippen LogP contribution in [0.3, 0.4) is 0 Å². The first-order valence-electron chi connectivity index (χ1n) is 8.66. The number of amides is 1. The Bertz CT molecular complexity index is 566. The quantitative estimate of drug-likeness (QED) is 0.556. The fourth-order valence-electron chi connectivity index (χ4n) is 2.81. The van der Waals surface area contributed by atoms with Crippen molar-refractivity contribution in [2.75, 3.05) is 33.2 Å². The Balaban J connectivity index is 1.95. The number of guanidine groups is 1. The molecule has 6 nitrogen and oxygen atoms in total. The number of piperidine rings is 1. The Morgan fingerprint density at radius 3 is 2.79 bits per heavy atom. The maximum Gasteiger partial charge on any atom is 0.251 e. The Kier molecular flexibility index (Phi) is 7.06. The fourth-order valence-corrected chi connectivity index (χ4v) is 2.81. The average molecular weight is 332 g/mol. The van der Waals surface area contributed by atoms with Gasteiger partial charge < -0.3 is 20.6 Å². The van der Waals surface area contributed by atoms with E-state index in [4.69, 9.17) is 4.99 Å².